The fourth-order valence-corrected chi connectivity index (χ4v) is 1.46. The molecule has 1 aromatic rings. The van der Waals surface area contributed by atoms with E-state index in [0.29, 0.717) is 4.83 Å². The quantitative estimate of drug-likeness (QED) is 0.708. The first-order valence-electron chi connectivity index (χ1n) is 3.86. The van der Waals surface area contributed by atoms with Crippen molar-refractivity contribution in [3.05, 3.63) is 35.4 Å². The van der Waals surface area contributed by atoms with E-state index in [1.807, 2.05) is 24.3 Å². The summed E-state index contributed by atoms with van der Waals surface area (Å²) >= 11 is 3.47. The van der Waals surface area contributed by atoms with Gasteiger partial charge in [0.2, 0.25) is 0 Å². The van der Waals surface area contributed by atoms with E-state index in [1.165, 1.54) is 0 Å². The summed E-state index contributed by atoms with van der Waals surface area (Å²) in [4.78, 5) is 0.423. The number of alkyl halides is 1. The average Bonchev–Trinajstić information content (AvgIpc) is 2.04. The highest BCUT2D eigenvalue weighted by atomic mass is 79.9. The molecular formula is C10H10BrN. The van der Waals surface area contributed by atoms with E-state index in [4.69, 9.17) is 5.26 Å². The Bertz CT molecular complexity index is 299. The third kappa shape index (κ3) is 2.35. The largest absolute Gasteiger partial charge is 0.192 e. The van der Waals surface area contributed by atoms with E-state index in [2.05, 4.69) is 28.9 Å². The SMILES string of the molecule is CC(Br)Cc1ccccc1C#N. The Hall–Kier alpha value is -0.810. The van der Waals surface area contributed by atoms with Crippen LogP contribution in [0.2, 0.25) is 0 Å². The highest BCUT2D eigenvalue weighted by molar-refractivity contribution is 9.09. The van der Waals surface area contributed by atoms with E-state index >= 15 is 0 Å². The molecule has 0 heterocycles. The molecule has 62 valence electrons. The molecule has 1 nitrogen and oxygen atoms in total. The lowest BCUT2D eigenvalue weighted by molar-refractivity contribution is 0.955. The van der Waals surface area contributed by atoms with Gasteiger partial charge in [0, 0.05) is 4.83 Å². The van der Waals surface area contributed by atoms with E-state index in [9.17, 15) is 0 Å². The highest BCUT2D eigenvalue weighted by Gasteiger charge is 2.03. The Labute approximate surface area is 81.2 Å². The summed E-state index contributed by atoms with van der Waals surface area (Å²) in [5.74, 6) is 0. The second-order valence-electron chi connectivity index (χ2n) is 2.75. The summed E-state index contributed by atoms with van der Waals surface area (Å²) in [5.41, 5.74) is 1.90. The fraction of sp³-hybridized carbons (Fsp3) is 0.300. The number of benzene rings is 1. The minimum atomic E-state index is 0.423. The summed E-state index contributed by atoms with van der Waals surface area (Å²) in [6.07, 6.45) is 0.906. The average molecular weight is 224 g/mol. The van der Waals surface area contributed by atoms with Gasteiger partial charge in [-0.3, -0.25) is 0 Å². The van der Waals surface area contributed by atoms with Crippen LogP contribution >= 0.6 is 15.9 Å². The van der Waals surface area contributed by atoms with Crippen molar-refractivity contribution in [2.75, 3.05) is 0 Å². The number of halogens is 1. The first kappa shape index (κ1) is 9.28. The van der Waals surface area contributed by atoms with E-state index in [-0.39, 0.29) is 0 Å². The fourth-order valence-electron chi connectivity index (χ4n) is 1.11. The smallest absolute Gasteiger partial charge is 0.0994 e. The molecule has 1 atom stereocenters. The van der Waals surface area contributed by atoms with Crippen molar-refractivity contribution in [1.29, 1.82) is 5.26 Å². The molecule has 0 aliphatic heterocycles. The van der Waals surface area contributed by atoms with Crippen LogP contribution in [0.3, 0.4) is 0 Å². The predicted molar refractivity (Wildman–Crippen MR) is 53.3 cm³/mol. The van der Waals surface area contributed by atoms with Gasteiger partial charge in [-0.1, -0.05) is 41.1 Å². The molecule has 0 aromatic heterocycles. The molecule has 0 aliphatic rings. The van der Waals surface area contributed by atoms with Gasteiger partial charge in [-0.05, 0) is 18.1 Å². The molecule has 0 saturated heterocycles. The molecule has 0 N–H and O–H groups in total. The minimum absolute atomic E-state index is 0.423. The Morgan fingerprint density at radius 1 is 1.50 bits per heavy atom. The lowest BCUT2D eigenvalue weighted by Crippen LogP contribution is -1.98. The van der Waals surface area contributed by atoms with Gasteiger partial charge in [-0.25, -0.2) is 0 Å². The van der Waals surface area contributed by atoms with Gasteiger partial charge >= 0.3 is 0 Å². The van der Waals surface area contributed by atoms with Crippen LogP contribution < -0.4 is 0 Å². The Kier molecular flexibility index (Phi) is 3.31. The van der Waals surface area contributed by atoms with Crippen molar-refractivity contribution in [1.82, 2.24) is 0 Å². The van der Waals surface area contributed by atoms with Crippen LogP contribution in [0.1, 0.15) is 18.1 Å². The molecule has 1 unspecified atom stereocenters. The predicted octanol–water partition coefficient (Wildman–Crippen LogP) is 2.88. The second kappa shape index (κ2) is 4.27. The van der Waals surface area contributed by atoms with Crippen LogP contribution in [0.4, 0.5) is 0 Å². The third-order valence-electron chi connectivity index (χ3n) is 1.64. The summed E-state index contributed by atoms with van der Waals surface area (Å²) in [5, 5.41) is 8.77. The van der Waals surface area contributed by atoms with Crippen LogP contribution in [0.25, 0.3) is 0 Å². The lowest BCUT2D eigenvalue weighted by atomic mass is 10.0. The molecule has 0 fully saturated rings. The monoisotopic (exact) mass is 223 g/mol. The lowest BCUT2D eigenvalue weighted by Gasteiger charge is -2.04. The molecule has 0 aliphatic carbocycles. The summed E-state index contributed by atoms with van der Waals surface area (Å²) in [6.45, 7) is 2.08. The van der Waals surface area contributed by atoms with Crippen molar-refractivity contribution < 1.29 is 0 Å². The molecule has 1 rings (SSSR count). The Morgan fingerprint density at radius 3 is 2.75 bits per heavy atom. The summed E-state index contributed by atoms with van der Waals surface area (Å²) in [7, 11) is 0. The van der Waals surface area contributed by atoms with Crippen molar-refractivity contribution in [3.8, 4) is 6.07 Å². The molecule has 2 heteroatoms. The molecule has 0 bridgehead atoms. The highest BCUT2D eigenvalue weighted by Crippen LogP contribution is 2.13. The van der Waals surface area contributed by atoms with E-state index in [1.54, 1.807) is 0 Å². The zero-order chi connectivity index (χ0) is 8.97. The molecule has 0 amide bonds. The minimum Gasteiger partial charge on any atom is -0.192 e. The number of hydrogen-bond donors (Lipinski definition) is 0. The van der Waals surface area contributed by atoms with Gasteiger partial charge in [0.15, 0.2) is 0 Å². The topological polar surface area (TPSA) is 23.8 Å². The maximum absolute atomic E-state index is 8.77. The summed E-state index contributed by atoms with van der Waals surface area (Å²) in [6, 6.07) is 9.88. The first-order chi connectivity index (χ1) is 5.74. The van der Waals surface area contributed by atoms with Crippen LogP contribution in [-0.2, 0) is 6.42 Å². The van der Waals surface area contributed by atoms with Crippen molar-refractivity contribution in [3.63, 3.8) is 0 Å². The molecule has 0 saturated carbocycles. The van der Waals surface area contributed by atoms with Crippen LogP contribution in [0.5, 0.6) is 0 Å². The molecule has 0 spiro atoms. The zero-order valence-corrected chi connectivity index (χ0v) is 8.51. The maximum atomic E-state index is 8.77. The van der Waals surface area contributed by atoms with Gasteiger partial charge in [0.1, 0.15) is 0 Å². The van der Waals surface area contributed by atoms with Crippen LogP contribution in [0, 0.1) is 11.3 Å². The van der Waals surface area contributed by atoms with Gasteiger partial charge in [0.25, 0.3) is 0 Å². The first-order valence-corrected chi connectivity index (χ1v) is 4.77. The van der Waals surface area contributed by atoms with Gasteiger partial charge < -0.3 is 0 Å². The molecular weight excluding hydrogens is 214 g/mol. The van der Waals surface area contributed by atoms with Crippen molar-refractivity contribution in [2.24, 2.45) is 0 Å². The van der Waals surface area contributed by atoms with Crippen molar-refractivity contribution >= 4 is 15.9 Å². The van der Waals surface area contributed by atoms with Crippen molar-refractivity contribution in [2.45, 2.75) is 18.2 Å². The number of rotatable bonds is 2. The standard InChI is InChI=1S/C10H10BrN/c1-8(11)6-9-4-2-3-5-10(9)7-12/h2-5,8H,6H2,1H3. The van der Waals surface area contributed by atoms with E-state index in [0.717, 1.165) is 17.5 Å². The van der Waals surface area contributed by atoms with E-state index < -0.39 is 0 Å². The van der Waals surface area contributed by atoms with Gasteiger partial charge in [0.05, 0.1) is 11.6 Å². The summed E-state index contributed by atoms with van der Waals surface area (Å²) < 4.78 is 0. The van der Waals surface area contributed by atoms with Gasteiger partial charge in [-0.2, -0.15) is 5.26 Å². The molecule has 1 aromatic carbocycles. The van der Waals surface area contributed by atoms with Gasteiger partial charge in [-0.15, -0.1) is 0 Å². The number of hydrogen-bond acceptors (Lipinski definition) is 1. The number of nitrogens with zero attached hydrogens (tertiary/aromatic N) is 1. The Morgan fingerprint density at radius 2 is 2.17 bits per heavy atom. The third-order valence-corrected chi connectivity index (χ3v) is 1.96. The normalized spacial score (nSPS) is 12.1. The second-order valence-corrected chi connectivity index (χ2v) is 4.32. The molecule has 0 radical (unpaired) electrons. The molecule has 12 heavy (non-hydrogen) atoms. The van der Waals surface area contributed by atoms with Crippen LogP contribution in [-0.4, -0.2) is 4.83 Å². The zero-order valence-electron chi connectivity index (χ0n) is 6.92. The Balaban J connectivity index is 2.91. The number of nitriles is 1. The van der Waals surface area contributed by atoms with Crippen LogP contribution in [0.15, 0.2) is 24.3 Å². The maximum Gasteiger partial charge on any atom is 0.0994 e.